The van der Waals surface area contributed by atoms with E-state index in [1.165, 1.54) is 0 Å². The van der Waals surface area contributed by atoms with Gasteiger partial charge < -0.3 is 19.9 Å². The minimum Gasteiger partial charge on any atom is -0.481 e. The summed E-state index contributed by atoms with van der Waals surface area (Å²) < 4.78 is 10.6. The van der Waals surface area contributed by atoms with Crippen LogP contribution in [0.1, 0.15) is 31.2 Å². The highest BCUT2D eigenvalue weighted by atomic mass is 16.7. The first-order valence-corrected chi connectivity index (χ1v) is 7.48. The van der Waals surface area contributed by atoms with Crippen LogP contribution in [0.3, 0.4) is 0 Å². The lowest BCUT2D eigenvalue weighted by Crippen LogP contribution is -2.31. The standard InChI is InChI=1S/C16H19NO5/c1-9-5-13-14(22-8-21-13)7-12(9)17-15(18)10-3-2-4-11(6-10)16(19)20/h5,7,10-11H,2-4,6,8H2,1H3,(H,17,18)(H,19,20). The largest absolute Gasteiger partial charge is 0.481 e. The zero-order valence-corrected chi connectivity index (χ0v) is 12.4. The molecule has 0 aromatic heterocycles. The van der Waals surface area contributed by atoms with Gasteiger partial charge >= 0.3 is 5.97 Å². The Morgan fingerprint density at radius 1 is 1.18 bits per heavy atom. The van der Waals surface area contributed by atoms with Crippen molar-refractivity contribution in [3.05, 3.63) is 17.7 Å². The molecule has 1 saturated carbocycles. The molecule has 1 heterocycles. The fourth-order valence-corrected chi connectivity index (χ4v) is 3.07. The Morgan fingerprint density at radius 2 is 1.86 bits per heavy atom. The van der Waals surface area contributed by atoms with Crippen molar-refractivity contribution < 1.29 is 24.2 Å². The number of carbonyl (C=O) groups is 2. The summed E-state index contributed by atoms with van der Waals surface area (Å²) in [5.74, 6) is -0.293. The van der Waals surface area contributed by atoms with E-state index < -0.39 is 11.9 Å². The summed E-state index contributed by atoms with van der Waals surface area (Å²) in [6.45, 7) is 2.08. The quantitative estimate of drug-likeness (QED) is 0.896. The van der Waals surface area contributed by atoms with E-state index >= 15 is 0 Å². The molecule has 1 aliphatic carbocycles. The molecule has 2 aliphatic rings. The number of rotatable bonds is 3. The van der Waals surface area contributed by atoms with Crippen molar-refractivity contribution in [1.82, 2.24) is 0 Å². The van der Waals surface area contributed by atoms with Crippen molar-refractivity contribution in [1.29, 1.82) is 0 Å². The molecule has 2 unspecified atom stereocenters. The SMILES string of the molecule is Cc1cc2c(cc1NC(=O)C1CCCC(C(=O)O)C1)OCO2. The number of hydrogen-bond acceptors (Lipinski definition) is 4. The van der Waals surface area contributed by atoms with Gasteiger partial charge in [0.05, 0.1) is 5.92 Å². The Labute approximate surface area is 128 Å². The topological polar surface area (TPSA) is 84.9 Å². The Kier molecular flexibility index (Phi) is 3.92. The predicted octanol–water partition coefficient (Wildman–Crippen LogP) is 2.55. The molecule has 22 heavy (non-hydrogen) atoms. The highest BCUT2D eigenvalue weighted by molar-refractivity contribution is 5.94. The molecular weight excluding hydrogens is 286 g/mol. The molecule has 0 saturated heterocycles. The van der Waals surface area contributed by atoms with Crippen LogP contribution in [0, 0.1) is 18.8 Å². The molecule has 1 aliphatic heterocycles. The summed E-state index contributed by atoms with van der Waals surface area (Å²) >= 11 is 0. The predicted molar refractivity (Wildman–Crippen MR) is 79.0 cm³/mol. The summed E-state index contributed by atoms with van der Waals surface area (Å²) in [6, 6.07) is 3.59. The number of ether oxygens (including phenoxy) is 2. The number of carboxylic acid groups (broad SMARTS) is 1. The highest BCUT2D eigenvalue weighted by Crippen LogP contribution is 2.37. The van der Waals surface area contributed by atoms with Crippen LogP contribution in [0.15, 0.2) is 12.1 Å². The average molecular weight is 305 g/mol. The fourth-order valence-electron chi connectivity index (χ4n) is 3.07. The van der Waals surface area contributed by atoms with Gasteiger partial charge in [0.25, 0.3) is 0 Å². The van der Waals surface area contributed by atoms with E-state index in [1.54, 1.807) is 6.07 Å². The number of carbonyl (C=O) groups excluding carboxylic acids is 1. The zero-order valence-electron chi connectivity index (χ0n) is 12.4. The lowest BCUT2D eigenvalue weighted by Gasteiger charge is -2.26. The third-order valence-electron chi connectivity index (χ3n) is 4.37. The number of amides is 1. The van der Waals surface area contributed by atoms with E-state index in [0.717, 1.165) is 18.4 Å². The Hall–Kier alpha value is -2.24. The second-order valence-corrected chi connectivity index (χ2v) is 5.91. The Bertz CT molecular complexity index is 613. The molecule has 1 amide bonds. The van der Waals surface area contributed by atoms with Gasteiger partial charge in [-0.05, 0) is 37.8 Å². The smallest absolute Gasteiger partial charge is 0.306 e. The summed E-state index contributed by atoms with van der Waals surface area (Å²) in [6.07, 6.45) is 2.57. The molecule has 2 N–H and O–H groups in total. The van der Waals surface area contributed by atoms with Crippen molar-refractivity contribution in [3.8, 4) is 11.5 Å². The van der Waals surface area contributed by atoms with E-state index in [9.17, 15) is 9.59 Å². The van der Waals surface area contributed by atoms with Gasteiger partial charge in [-0.15, -0.1) is 0 Å². The molecule has 1 fully saturated rings. The molecule has 1 aromatic rings. The third-order valence-corrected chi connectivity index (χ3v) is 4.37. The van der Waals surface area contributed by atoms with Gasteiger partial charge in [0.15, 0.2) is 11.5 Å². The first-order chi connectivity index (χ1) is 10.5. The van der Waals surface area contributed by atoms with Crippen LogP contribution in [-0.4, -0.2) is 23.8 Å². The van der Waals surface area contributed by atoms with Crippen LogP contribution < -0.4 is 14.8 Å². The van der Waals surface area contributed by atoms with Gasteiger partial charge in [-0.25, -0.2) is 0 Å². The zero-order chi connectivity index (χ0) is 15.7. The van der Waals surface area contributed by atoms with E-state index in [1.807, 2.05) is 13.0 Å². The first kappa shape index (κ1) is 14.7. The normalized spacial score (nSPS) is 23.1. The number of aliphatic carboxylic acids is 1. The van der Waals surface area contributed by atoms with Crippen LogP contribution in [0.25, 0.3) is 0 Å². The summed E-state index contributed by atoms with van der Waals surface area (Å²) in [4.78, 5) is 23.5. The van der Waals surface area contributed by atoms with Crippen LogP contribution >= 0.6 is 0 Å². The Morgan fingerprint density at radius 3 is 2.59 bits per heavy atom. The minimum absolute atomic E-state index is 0.118. The molecule has 6 nitrogen and oxygen atoms in total. The van der Waals surface area contributed by atoms with Gasteiger partial charge in [-0.3, -0.25) is 9.59 Å². The van der Waals surface area contributed by atoms with Crippen LogP contribution in [-0.2, 0) is 9.59 Å². The maximum atomic E-state index is 12.4. The van der Waals surface area contributed by atoms with Crippen LogP contribution in [0.4, 0.5) is 5.69 Å². The average Bonchev–Trinajstić information content (AvgIpc) is 2.94. The van der Waals surface area contributed by atoms with E-state index in [0.29, 0.717) is 30.0 Å². The number of carboxylic acids is 1. The summed E-state index contributed by atoms with van der Waals surface area (Å²) in [5.41, 5.74) is 1.58. The molecule has 6 heteroatoms. The van der Waals surface area contributed by atoms with Crippen molar-refractivity contribution in [2.75, 3.05) is 12.1 Å². The first-order valence-electron chi connectivity index (χ1n) is 7.48. The van der Waals surface area contributed by atoms with E-state index in [-0.39, 0.29) is 18.6 Å². The summed E-state index contributed by atoms with van der Waals surface area (Å²) in [7, 11) is 0. The van der Waals surface area contributed by atoms with Crippen LogP contribution in [0.5, 0.6) is 11.5 Å². The highest BCUT2D eigenvalue weighted by Gasteiger charge is 2.31. The molecule has 0 bridgehead atoms. The number of aryl methyl sites for hydroxylation is 1. The number of fused-ring (bicyclic) bond motifs is 1. The maximum Gasteiger partial charge on any atom is 0.306 e. The second-order valence-electron chi connectivity index (χ2n) is 5.91. The van der Waals surface area contributed by atoms with Gasteiger partial charge in [0, 0.05) is 17.7 Å². The maximum absolute atomic E-state index is 12.4. The molecule has 2 atom stereocenters. The van der Waals surface area contributed by atoms with E-state index in [4.69, 9.17) is 14.6 Å². The molecule has 3 rings (SSSR count). The molecular formula is C16H19NO5. The number of nitrogens with one attached hydrogen (secondary N) is 1. The molecule has 0 radical (unpaired) electrons. The van der Waals surface area contributed by atoms with Crippen LogP contribution in [0.2, 0.25) is 0 Å². The summed E-state index contributed by atoms with van der Waals surface area (Å²) in [5, 5.41) is 12.0. The van der Waals surface area contributed by atoms with Gasteiger partial charge in [-0.1, -0.05) is 6.42 Å². The number of benzene rings is 1. The number of hydrogen-bond donors (Lipinski definition) is 2. The molecule has 0 spiro atoms. The third kappa shape index (κ3) is 2.86. The Balaban J connectivity index is 1.70. The van der Waals surface area contributed by atoms with Crippen molar-refractivity contribution >= 4 is 17.6 Å². The minimum atomic E-state index is -0.809. The fraction of sp³-hybridized carbons (Fsp3) is 0.500. The molecule has 118 valence electrons. The number of anilines is 1. The lowest BCUT2D eigenvalue weighted by atomic mass is 9.81. The van der Waals surface area contributed by atoms with Crippen molar-refractivity contribution in [2.45, 2.75) is 32.6 Å². The van der Waals surface area contributed by atoms with Gasteiger partial charge in [-0.2, -0.15) is 0 Å². The van der Waals surface area contributed by atoms with Gasteiger partial charge in [0.2, 0.25) is 12.7 Å². The monoisotopic (exact) mass is 305 g/mol. The van der Waals surface area contributed by atoms with Gasteiger partial charge in [0.1, 0.15) is 0 Å². The lowest BCUT2D eigenvalue weighted by molar-refractivity contribution is -0.143. The van der Waals surface area contributed by atoms with Crippen molar-refractivity contribution in [3.63, 3.8) is 0 Å². The van der Waals surface area contributed by atoms with Crippen molar-refractivity contribution in [2.24, 2.45) is 11.8 Å². The molecule has 1 aromatic carbocycles. The van der Waals surface area contributed by atoms with E-state index in [2.05, 4.69) is 5.32 Å². The second kappa shape index (κ2) is 5.87.